The molecule has 6 heteroatoms. The van der Waals surface area contributed by atoms with Crippen LogP contribution in [0, 0.1) is 0 Å². The Hall–Kier alpha value is -2.89. The number of ketones is 1. The van der Waals surface area contributed by atoms with E-state index >= 15 is 0 Å². The predicted octanol–water partition coefficient (Wildman–Crippen LogP) is 2.91. The molecule has 132 valence electrons. The number of nitrogens with zero attached hydrogens (tertiary/aromatic N) is 4. The number of aryl methyl sites for hydroxylation is 1. The van der Waals surface area contributed by atoms with E-state index in [1.54, 1.807) is 6.20 Å². The van der Waals surface area contributed by atoms with E-state index in [2.05, 4.69) is 28.0 Å². The smallest absolute Gasteiger partial charge is 0.170 e. The van der Waals surface area contributed by atoms with Crippen molar-refractivity contribution in [3.05, 3.63) is 53.9 Å². The highest BCUT2D eigenvalue weighted by Crippen LogP contribution is 2.39. The lowest BCUT2D eigenvalue weighted by molar-refractivity contribution is 0.0538. The van der Waals surface area contributed by atoms with Crippen LogP contribution in [0.1, 0.15) is 35.8 Å². The molecule has 26 heavy (non-hydrogen) atoms. The Kier molecular flexibility index (Phi) is 3.29. The molecular formula is C20H20N4O2. The standard InChI is InChI=1S/C20H20N4O2/c1-2-14-11-19(24-18(22-14)7-9-21-24)23-10-8-20(13-23)12-16(25)15-5-3-4-6-17(15)26-20/h3-7,9,11H,2,8,10,12-13H2,1H3/t20-/m1/s1. The Labute approximate surface area is 151 Å². The predicted molar refractivity (Wildman–Crippen MR) is 97.9 cm³/mol. The fourth-order valence-electron chi connectivity index (χ4n) is 4.06. The maximum Gasteiger partial charge on any atom is 0.170 e. The van der Waals surface area contributed by atoms with Gasteiger partial charge in [-0.3, -0.25) is 4.79 Å². The van der Waals surface area contributed by atoms with Crippen LogP contribution in [0.4, 0.5) is 5.82 Å². The number of hydrogen-bond acceptors (Lipinski definition) is 5. The summed E-state index contributed by atoms with van der Waals surface area (Å²) >= 11 is 0. The summed E-state index contributed by atoms with van der Waals surface area (Å²) in [7, 11) is 0. The molecule has 0 amide bonds. The minimum Gasteiger partial charge on any atom is -0.484 e. The highest BCUT2D eigenvalue weighted by atomic mass is 16.5. The second kappa shape index (κ2) is 5.56. The first-order valence-electron chi connectivity index (χ1n) is 9.07. The van der Waals surface area contributed by atoms with Gasteiger partial charge in [0.2, 0.25) is 0 Å². The largest absolute Gasteiger partial charge is 0.484 e. The number of para-hydroxylation sites is 1. The number of aromatic nitrogens is 3. The van der Waals surface area contributed by atoms with Crippen LogP contribution in [-0.4, -0.2) is 39.1 Å². The molecule has 0 radical (unpaired) electrons. The van der Waals surface area contributed by atoms with Crippen molar-refractivity contribution in [2.75, 3.05) is 18.0 Å². The third kappa shape index (κ3) is 2.29. The Bertz CT molecular complexity index is 1010. The summed E-state index contributed by atoms with van der Waals surface area (Å²) in [5.74, 6) is 1.89. The van der Waals surface area contributed by atoms with E-state index < -0.39 is 5.60 Å². The van der Waals surface area contributed by atoms with Crippen LogP contribution in [0.3, 0.4) is 0 Å². The molecule has 2 aliphatic heterocycles. The highest BCUT2D eigenvalue weighted by molar-refractivity contribution is 6.00. The highest BCUT2D eigenvalue weighted by Gasteiger charge is 2.46. The molecule has 1 spiro atoms. The molecule has 2 aliphatic rings. The van der Waals surface area contributed by atoms with Gasteiger partial charge in [0.05, 0.1) is 24.7 Å². The van der Waals surface area contributed by atoms with Gasteiger partial charge in [0.25, 0.3) is 0 Å². The third-order valence-corrected chi connectivity index (χ3v) is 5.39. The molecule has 0 saturated carbocycles. The number of benzene rings is 1. The van der Waals surface area contributed by atoms with Crippen molar-refractivity contribution >= 4 is 17.2 Å². The van der Waals surface area contributed by atoms with Gasteiger partial charge in [0.15, 0.2) is 11.4 Å². The molecular weight excluding hydrogens is 328 g/mol. The SMILES string of the molecule is CCc1cc(N2CC[C@@]3(CC(=O)c4ccccc4O3)C2)n2nccc2n1. The topological polar surface area (TPSA) is 59.7 Å². The summed E-state index contributed by atoms with van der Waals surface area (Å²) in [4.78, 5) is 19.5. The fourth-order valence-corrected chi connectivity index (χ4v) is 4.06. The minimum absolute atomic E-state index is 0.168. The summed E-state index contributed by atoms with van der Waals surface area (Å²) in [6.07, 6.45) is 3.89. The van der Waals surface area contributed by atoms with Crippen molar-refractivity contribution in [3.8, 4) is 5.75 Å². The molecule has 0 N–H and O–H groups in total. The molecule has 0 bridgehead atoms. The summed E-state index contributed by atoms with van der Waals surface area (Å²) < 4.78 is 8.22. The number of carbonyl (C=O) groups excluding carboxylic acids is 1. The number of rotatable bonds is 2. The number of ether oxygens (including phenoxy) is 1. The molecule has 0 unspecified atom stereocenters. The van der Waals surface area contributed by atoms with Crippen LogP contribution in [0.2, 0.25) is 0 Å². The Balaban J connectivity index is 1.50. The molecule has 0 aliphatic carbocycles. The van der Waals surface area contributed by atoms with Gasteiger partial charge in [0.1, 0.15) is 17.2 Å². The average molecular weight is 348 g/mol. The molecule has 6 nitrogen and oxygen atoms in total. The van der Waals surface area contributed by atoms with Crippen molar-refractivity contribution < 1.29 is 9.53 Å². The van der Waals surface area contributed by atoms with E-state index in [-0.39, 0.29) is 5.78 Å². The van der Waals surface area contributed by atoms with E-state index in [1.165, 1.54) is 0 Å². The third-order valence-electron chi connectivity index (χ3n) is 5.39. The van der Waals surface area contributed by atoms with E-state index in [1.807, 2.05) is 34.8 Å². The van der Waals surface area contributed by atoms with Crippen molar-refractivity contribution in [1.29, 1.82) is 0 Å². The van der Waals surface area contributed by atoms with Gasteiger partial charge >= 0.3 is 0 Å². The minimum atomic E-state index is -0.458. The maximum absolute atomic E-state index is 12.6. The Morgan fingerprint density at radius 1 is 1.27 bits per heavy atom. The van der Waals surface area contributed by atoms with E-state index in [0.29, 0.717) is 24.3 Å². The fraction of sp³-hybridized carbons (Fsp3) is 0.350. The van der Waals surface area contributed by atoms with Crippen molar-refractivity contribution in [3.63, 3.8) is 0 Å². The second-order valence-corrected chi connectivity index (χ2v) is 7.11. The van der Waals surface area contributed by atoms with Gasteiger partial charge in [-0.05, 0) is 18.6 Å². The van der Waals surface area contributed by atoms with Gasteiger partial charge in [-0.15, -0.1) is 0 Å². The van der Waals surface area contributed by atoms with Crippen LogP contribution in [0.5, 0.6) is 5.75 Å². The number of Topliss-reactive ketones (excluding diaryl/α,β-unsaturated/α-hetero) is 1. The zero-order valence-electron chi connectivity index (χ0n) is 14.7. The first-order chi connectivity index (χ1) is 12.7. The van der Waals surface area contributed by atoms with Crippen LogP contribution in [-0.2, 0) is 6.42 Å². The van der Waals surface area contributed by atoms with Gasteiger partial charge in [-0.2, -0.15) is 9.61 Å². The van der Waals surface area contributed by atoms with Crippen LogP contribution >= 0.6 is 0 Å². The molecule has 1 aromatic carbocycles. The van der Waals surface area contributed by atoms with E-state index in [9.17, 15) is 4.79 Å². The number of anilines is 1. The van der Waals surface area contributed by atoms with E-state index in [4.69, 9.17) is 4.74 Å². The Morgan fingerprint density at radius 2 is 2.15 bits per heavy atom. The lowest BCUT2D eigenvalue weighted by atomic mass is 9.89. The summed E-state index contributed by atoms with van der Waals surface area (Å²) in [5, 5.41) is 4.43. The molecule has 1 saturated heterocycles. The Morgan fingerprint density at radius 3 is 3.04 bits per heavy atom. The summed E-state index contributed by atoms with van der Waals surface area (Å²) in [5.41, 5.74) is 2.13. The molecule has 3 aromatic rings. The molecule has 1 atom stereocenters. The quantitative estimate of drug-likeness (QED) is 0.713. The monoisotopic (exact) mass is 348 g/mol. The van der Waals surface area contributed by atoms with E-state index in [0.717, 1.165) is 36.5 Å². The average Bonchev–Trinajstić information content (AvgIpc) is 3.28. The van der Waals surface area contributed by atoms with Crippen LogP contribution in [0.15, 0.2) is 42.6 Å². The van der Waals surface area contributed by atoms with Gasteiger partial charge in [-0.1, -0.05) is 19.1 Å². The van der Waals surface area contributed by atoms with Gasteiger partial charge in [0, 0.05) is 30.8 Å². The van der Waals surface area contributed by atoms with Crippen LogP contribution in [0.25, 0.3) is 5.65 Å². The zero-order chi connectivity index (χ0) is 17.7. The maximum atomic E-state index is 12.6. The van der Waals surface area contributed by atoms with Crippen molar-refractivity contribution in [2.45, 2.75) is 31.8 Å². The summed E-state index contributed by atoms with van der Waals surface area (Å²) in [6, 6.07) is 11.6. The number of fused-ring (bicyclic) bond motifs is 2. The van der Waals surface area contributed by atoms with Crippen molar-refractivity contribution in [2.24, 2.45) is 0 Å². The molecule has 5 rings (SSSR count). The molecule has 4 heterocycles. The molecule has 1 fully saturated rings. The van der Waals surface area contributed by atoms with Gasteiger partial charge < -0.3 is 9.64 Å². The van der Waals surface area contributed by atoms with Gasteiger partial charge in [-0.25, -0.2) is 4.98 Å². The lowest BCUT2D eigenvalue weighted by Gasteiger charge is -2.34. The molecule has 2 aromatic heterocycles. The summed E-state index contributed by atoms with van der Waals surface area (Å²) in [6.45, 7) is 3.61. The first kappa shape index (κ1) is 15.4. The van der Waals surface area contributed by atoms with Crippen molar-refractivity contribution in [1.82, 2.24) is 14.6 Å². The lowest BCUT2D eigenvalue weighted by Crippen LogP contribution is -2.44. The second-order valence-electron chi connectivity index (χ2n) is 7.11. The first-order valence-corrected chi connectivity index (χ1v) is 9.07. The zero-order valence-corrected chi connectivity index (χ0v) is 14.7. The number of carbonyl (C=O) groups is 1. The van der Waals surface area contributed by atoms with Crippen LogP contribution < -0.4 is 9.64 Å². The number of hydrogen-bond donors (Lipinski definition) is 0. The normalized spacial score (nSPS) is 22.0.